The summed E-state index contributed by atoms with van der Waals surface area (Å²) in [4.78, 5) is 14.2. The van der Waals surface area contributed by atoms with E-state index in [0.717, 1.165) is 19.5 Å². The minimum absolute atomic E-state index is 0.0939. The molecule has 5 heteroatoms. The lowest BCUT2D eigenvalue weighted by atomic mass is 10.0. The smallest absolute Gasteiger partial charge is 0.241 e. The molecule has 0 radical (unpaired) electrons. The van der Waals surface area contributed by atoms with Crippen molar-refractivity contribution in [2.45, 2.75) is 26.7 Å². The lowest BCUT2D eigenvalue weighted by Gasteiger charge is -2.31. The van der Waals surface area contributed by atoms with Gasteiger partial charge in [-0.15, -0.1) is 0 Å². The van der Waals surface area contributed by atoms with Gasteiger partial charge >= 0.3 is 0 Å². The molecule has 1 aliphatic rings. The molecule has 1 atom stereocenters. The highest BCUT2D eigenvalue weighted by atomic mass is 16.5. The molecule has 0 bridgehead atoms. The van der Waals surface area contributed by atoms with Gasteiger partial charge in [0.1, 0.15) is 5.75 Å². The van der Waals surface area contributed by atoms with Crippen molar-refractivity contribution in [3.8, 4) is 11.8 Å². The molecule has 2 rings (SSSR count). The normalized spacial score (nSPS) is 17.7. The van der Waals surface area contributed by atoms with Crippen molar-refractivity contribution in [2.75, 3.05) is 31.6 Å². The molecule has 0 spiro atoms. The molecule has 0 aliphatic carbocycles. The summed E-state index contributed by atoms with van der Waals surface area (Å²) in [6, 6.07) is 7.30. The maximum Gasteiger partial charge on any atom is 0.241 e. The zero-order chi connectivity index (χ0) is 15.9. The van der Waals surface area contributed by atoms with Crippen molar-refractivity contribution in [3.05, 3.63) is 23.8 Å². The largest absolute Gasteiger partial charge is 0.492 e. The standard InChI is InChI=1S/C17H23N3O2/c1-3-22-16-7-6-14(10-18)9-15(16)19-11-17(21)20-8-4-5-13(2)12-20/h6-7,9,13,19H,3-5,8,11-12H2,1-2H3. The van der Waals surface area contributed by atoms with Crippen LogP contribution in [0.2, 0.25) is 0 Å². The number of hydrogen-bond acceptors (Lipinski definition) is 4. The first kappa shape index (κ1) is 16.2. The van der Waals surface area contributed by atoms with Crippen LogP contribution in [0.3, 0.4) is 0 Å². The van der Waals surface area contributed by atoms with Crippen molar-refractivity contribution in [1.29, 1.82) is 5.26 Å². The molecule has 1 unspecified atom stereocenters. The molecule has 0 saturated carbocycles. The van der Waals surface area contributed by atoms with E-state index in [1.54, 1.807) is 18.2 Å². The highest BCUT2D eigenvalue weighted by Gasteiger charge is 2.20. The first-order valence-electron chi connectivity index (χ1n) is 7.82. The van der Waals surface area contributed by atoms with Crippen molar-refractivity contribution in [2.24, 2.45) is 5.92 Å². The summed E-state index contributed by atoms with van der Waals surface area (Å²) in [5.41, 5.74) is 1.24. The molecule has 1 aromatic rings. The number of ether oxygens (including phenoxy) is 1. The number of nitrogens with one attached hydrogen (secondary N) is 1. The fourth-order valence-electron chi connectivity index (χ4n) is 2.72. The van der Waals surface area contributed by atoms with E-state index in [1.807, 2.05) is 11.8 Å². The van der Waals surface area contributed by atoms with Crippen LogP contribution in [-0.4, -0.2) is 37.0 Å². The third-order valence-corrected chi connectivity index (χ3v) is 3.85. The van der Waals surface area contributed by atoms with Gasteiger partial charge in [-0.2, -0.15) is 5.26 Å². The number of carbonyl (C=O) groups is 1. The Hall–Kier alpha value is -2.22. The second-order valence-electron chi connectivity index (χ2n) is 5.70. The van der Waals surface area contributed by atoms with Gasteiger partial charge in [-0.1, -0.05) is 6.92 Å². The van der Waals surface area contributed by atoms with E-state index in [1.165, 1.54) is 6.42 Å². The Morgan fingerprint density at radius 3 is 3.05 bits per heavy atom. The summed E-state index contributed by atoms with van der Waals surface area (Å²) < 4.78 is 5.53. The number of nitrogens with zero attached hydrogens (tertiary/aromatic N) is 2. The van der Waals surface area contributed by atoms with Crippen LogP contribution in [0.4, 0.5) is 5.69 Å². The number of amides is 1. The first-order chi connectivity index (χ1) is 10.6. The number of likely N-dealkylation sites (tertiary alicyclic amines) is 1. The molecule has 1 saturated heterocycles. The van der Waals surface area contributed by atoms with Gasteiger partial charge in [-0.3, -0.25) is 4.79 Å². The predicted octanol–water partition coefficient (Wildman–Crippen LogP) is 2.63. The van der Waals surface area contributed by atoms with E-state index in [0.29, 0.717) is 29.5 Å². The SMILES string of the molecule is CCOc1ccc(C#N)cc1NCC(=O)N1CCCC(C)C1. The van der Waals surface area contributed by atoms with Crippen molar-refractivity contribution >= 4 is 11.6 Å². The van der Waals surface area contributed by atoms with Gasteiger partial charge in [0, 0.05) is 13.1 Å². The number of benzene rings is 1. The lowest BCUT2D eigenvalue weighted by Crippen LogP contribution is -2.41. The number of nitriles is 1. The Balaban J connectivity index is 2.00. The molecule has 0 aromatic heterocycles. The summed E-state index contributed by atoms with van der Waals surface area (Å²) in [5, 5.41) is 12.1. The van der Waals surface area contributed by atoms with Gasteiger partial charge < -0.3 is 15.0 Å². The average molecular weight is 301 g/mol. The molecule has 1 fully saturated rings. The fraction of sp³-hybridized carbons (Fsp3) is 0.529. The van der Waals surface area contributed by atoms with Crippen molar-refractivity contribution < 1.29 is 9.53 Å². The number of anilines is 1. The zero-order valence-corrected chi connectivity index (χ0v) is 13.3. The quantitative estimate of drug-likeness (QED) is 0.908. The molecule has 1 amide bonds. The molecule has 118 valence electrons. The van der Waals surface area contributed by atoms with E-state index in [4.69, 9.17) is 10.00 Å². The Morgan fingerprint density at radius 1 is 1.55 bits per heavy atom. The monoisotopic (exact) mass is 301 g/mol. The molecule has 5 nitrogen and oxygen atoms in total. The summed E-state index contributed by atoms with van der Waals surface area (Å²) in [5.74, 6) is 1.33. The van der Waals surface area contributed by atoms with Gasteiger partial charge in [0.25, 0.3) is 0 Å². The summed E-state index contributed by atoms with van der Waals surface area (Å²) >= 11 is 0. The van der Waals surface area contributed by atoms with Crippen LogP contribution in [0.1, 0.15) is 32.3 Å². The van der Waals surface area contributed by atoms with Gasteiger partial charge in [0.15, 0.2) is 0 Å². The minimum Gasteiger partial charge on any atom is -0.492 e. The molecule has 1 heterocycles. The van der Waals surface area contributed by atoms with Crippen LogP contribution < -0.4 is 10.1 Å². The van der Waals surface area contributed by atoms with Gasteiger partial charge in [-0.05, 0) is 43.9 Å². The highest BCUT2D eigenvalue weighted by Crippen LogP contribution is 2.25. The highest BCUT2D eigenvalue weighted by molar-refractivity contribution is 5.81. The van der Waals surface area contributed by atoms with E-state index in [2.05, 4.69) is 18.3 Å². The lowest BCUT2D eigenvalue weighted by molar-refractivity contribution is -0.130. The van der Waals surface area contributed by atoms with Crippen LogP contribution in [0.5, 0.6) is 5.75 Å². The fourth-order valence-corrected chi connectivity index (χ4v) is 2.72. The summed E-state index contributed by atoms with van der Waals surface area (Å²) in [6.07, 6.45) is 2.26. The molecule has 1 aromatic carbocycles. The van der Waals surface area contributed by atoms with E-state index < -0.39 is 0 Å². The third kappa shape index (κ3) is 4.14. The van der Waals surface area contributed by atoms with E-state index in [-0.39, 0.29) is 12.5 Å². The Bertz CT molecular complexity index is 566. The van der Waals surface area contributed by atoms with Crippen molar-refractivity contribution in [3.63, 3.8) is 0 Å². The maximum absolute atomic E-state index is 12.3. The van der Waals surface area contributed by atoms with Crippen LogP contribution in [0.15, 0.2) is 18.2 Å². The molecular weight excluding hydrogens is 278 g/mol. The summed E-state index contributed by atoms with van der Waals surface area (Å²) in [7, 11) is 0. The Labute approximate surface area is 131 Å². The van der Waals surface area contributed by atoms with E-state index >= 15 is 0 Å². The number of carbonyl (C=O) groups excluding carboxylic acids is 1. The second kappa shape index (κ2) is 7.69. The van der Waals surface area contributed by atoms with Crippen molar-refractivity contribution in [1.82, 2.24) is 4.90 Å². The number of piperidine rings is 1. The predicted molar refractivity (Wildman–Crippen MR) is 85.8 cm³/mol. The topological polar surface area (TPSA) is 65.4 Å². The Kier molecular flexibility index (Phi) is 5.65. The van der Waals surface area contributed by atoms with Gasteiger partial charge in [-0.25, -0.2) is 0 Å². The molecular formula is C17H23N3O2. The minimum atomic E-state index is 0.0939. The summed E-state index contributed by atoms with van der Waals surface area (Å²) in [6.45, 7) is 6.51. The number of rotatable bonds is 5. The average Bonchev–Trinajstić information content (AvgIpc) is 2.53. The van der Waals surface area contributed by atoms with Gasteiger partial charge in [0.05, 0.1) is 30.5 Å². The second-order valence-corrected chi connectivity index (χ2v) is 5.70. The van der Waals surface area contributed by atoms with Crippen LogP contribution in [0, 0.1) is 17.2 Å². The van der Waals surface area contributed by atoms with Crippen LogP contribution >= 0.6 is 0 Å². The zero-order valence-electron chi connectivity index (χ0n) is 13.3. The first-order valence-corrected chi connectivity index (χ1v) is 7.82. The molecule has 1 aliphatic heterocycles. The molecule has 22 heavy (non-hydrogen) atoms. The molecule has 1 N–H and O–H groups in total. The van der Waals surface area contributed by atoms with Gasteiger partial charge in [0.2, 0.25) is 5.91 Å². The Morgan fingerprint density at radius 2 is 2.36 bits per heavy atom. The number of hydrogen-bond donors (Lipinski definition) is 1. The third-order valence-electron chi connectivity index (χ3n) is 3.85. The maximum atomic E-state index is 12.3. The van der Waals surface area contributed by atoms with Crippen LogP contribution in [-0.2, 0) is 4.79 Å². The van der Waals surface area contributed by atoms with Crippen LogP contribution in [0.25, 0.3) is 0 Å². The van der Waals surface area contributed by atoms with E-state index in [9.17, 15) is 4.79 Å².